The Kier molecular flexibility index (Phi) is 1.42. The number of hydrogen-bond donors (Lipinski definition) is 1. The van der Waals surface area contributed by atoms with Crippen molar-refractivity contribution in [2.45, 2.75) is 6.92 Å². The molecule has 0 aliphatic heterocycles. The summed E-state index contributed by atoms with van der Waals surface area (Å²) in [5.74, 6) is 0. The van der Waals surface area contributed by atoms with Gasteiger partial charge in [-0.05, 0) is 29.3 Å². The Morgan fingerprint density at radius 1 is 1.00 bits per heavy atom. The van der Waals surface area contributed by atoms with Crippen LogP contribution in [0.5, 0.6) is 0 Å². The third kappa shape index (κ3) is 0.896. The molecule has 0 aliphatic rings. The summed E-state index contributed by atoms with van der Waals surface area (Å²) in [6, 6.07) is 12.8. The maximum atomic E-state index is 3.28. The molecule has 0 bridgehead atoms. The van der Waals surface area contributed by atoms with Gasteiger partial charge in [0.25, 0.3) is 0 Å². The fourth-order valence-corrected chi connectivity index (χ4v) is 2.07. The molecule has 0 atom stereocenters. The van der Waals surface area contributed by atoms with Gasteiger partial charge in [-0.25, -0.2) is 0 Å². The van der Waals surface area contributed by atoms with Gasteiger partial charge in [-0.15, -0.1) is 0 Å². The molecule has 0 fully saturated rings. The molecule has 1 N–H and O–H groups in total. The zero-order valence-electron chi connectivity index (χ0n) is 8.04. The second-order valence-corrected chi connectivity index (χ2v) is 3.68. The quantitative estimate of drug-likeness (QED) is 0.545. The molecule has 0 unspecified atom stereocenters. The predicted molar refractivity (Wildman–Crippen MR) is 60.5 cm³/mol. The number of aromatic nitrogens is 1. The molecule has 68 valence electrons. The van der Waals surface area contributed by atoms with E-state index in [2.05, 4.69) is 54.5 Å². The van der Waals surface area contributed by atoms with Crippen LogP contribution < -0.4 is 0 Å². The lowest BCUT2D eigenvalue weighted by molar-refractivity contribution is 1.43. The van der Waals surface area contributed by atoms with E-state index >= 15 is 0 Å². The first-order chi connectivity index (χ1) is 6.86. The first-order valence-electron chi connectivity index (χ1n) is 4.82. The van der Waals surface area contributed by atoms with Crippen molar-refractivity contribution < 1.29 is 0 Å². The maximum Gasteiger partial charge on any atom is 0.0463 e. The monoisotopic (exact) mass is 181 g/mol. The summed E-state index contributed by atoms with van der Waals surface area (Å²) in [6.07, 6.45) is 2.07. The Bertz CT molecular complexity index is 605. The zero-order chi connectivity index (χ0) is 9.54. The van der Waals surface area contributed by atoms with Gasteiger partial charge in [0.05, 0.1) is 0 Å². The highest BCUT2D eigenvalue weighted by molar-refractivity contribution is 6.08. The normalized spacial score (nSPS) is 11.2. The Hall–Kier alpha value is -1.76. The highest BCUT2D eigenvalue weighted by atomic mass is 14.7. The van der Waals surface area contributed by atoms with Crippen LogP contribution in [0.2, 0.25) is 0 Å². The van der Waals surface area contributed by atoms with E-state index in [1.54, 1.807) is 0 Å². The molecular weight excluding hydrogens is 170 g/mol. The number of rotatable bonds is 0. The van der Waals surface area contributed by atoms with Crippen LogP contribution in [0.3, 0.4) is 0 Å². The fraction of sp³-hybridized carbons (Fsp3) is 0.0769. The Morgan fingerprint density at radius 2 is 1.86 bits per heavy atom. The maximum absolute atomic E-state index is 3.28. The van der Waals surface area contributed by atoms with Gasteiger partial charge in [-0.3, -0.25) is 0 Å². The van der Waals surface area contributed by atoms with E-state index in [0.717, 1.165) is 0 Å². The van der Waals surface area contributed by atoms with Crippen LogP contribution in [0.15, 0.2) is 42.6 Å². The molecule has 1 aromatic heterocycles. The predicted octanol–water partition coefficient (Wildman–Crippen LogP) is 3.63. The van der Waals surface area contributed by atoms with Gasteiger partial charge in [-0.1, -0.05) is 30.3 Å². The Morgan fingerprint density at radius 3 is 2.79 bits per heavy atom. The molecule has 0 amide bonds. The fourth-order valence-electron chi connectivity index (χ4n) is 2.07. The molecule has 1 nitrogen and oxygen atoms in total. The van der Waals surface area contributed by atoms with Crippen LogP contribution in [-0.4, -0.2) is 4.98 Å². The number of nitrogens with one attached hydrogen (secondary N) is 1. The average Bonchev–Trinajstić information content (AvgIpc) is 2.61. The highest BCUT2D eigenvalue weighted by Gasteiger charge is 2.03. The second kappa shape index (κ2) is 2.61. The standard InChI is InChI=1S/C13H11N/c1-9-8-14-12-7-6-10-4-2-3-5-11(10)13(9)12/h2-8,14H,1H3. The van der Waals surface area contributed by atoms with Crippen LogP contribution in [0, 0.1) is 6.92 Å². The number of aromatic amines is 1. The van der Waals surface area contributed by atoms with Crippen molar-refractivity contribution in [1.29, 1.82) is 0 Å². The second-order valence-electron chi connectivity index (χ2n) is 3.68. The summed E-state index contributed by atoms with van der Waals surface area (Å²) in [5.41, 5.74) is 2.54. The summed E-state index contributed by atoms with van der Waals surface area (Å²) in [4.78, 5) is 3.28. The van der Waals surface area contributed by atoms with Gasteiger partial charge in [0, 0.05) is 17.1 Å². The lowest BCUT2D eigenvalue weighted by Gasteiger charge is -1.99. The number of hydrogen-bond acceptors (Lipinski definition) is 0. The molecule has 0 saturated carbocycles. The van der Waals surface area contributed by atoms with Crippen LogP contribution in [0.4, 0.5) is 0 Å². The first-order valence-corrected chi connectivity index (χ1v) is 4.82. The number of H-pyrrole nitrogens is 1. The van der Waals surface area contributed by atoms with E-state index < -0.39 is 0 Å². The molecule has 1 heteroatoms. The first kappa shape index (κ1) is 7.63. The molecule has 0 radical (unpaired) electrons. The summed E-state index contributed by atoms with van der Waals surface area (Å²) in [6.45, 7) is 2.14. The number of benzene rings is 2. The molecule has 0 aliphatic carbocycles. The van der Waals surface area contributed by atoms with E-state index in [9.17, 15) is 0 Å². The topological polar surface area (TPSA) is 15.8 Å². The lowest BCUT2D eigenvalue weighted by atomic mass is 10.0. The minimum absolute atomic E-state index is 1.22. The van der Waals surface area contributed by atoms with E-state index in [0.29, 0.717) is 0 Å². The summed E-state index contributed by atoms with van der Waals surface area (Å²) in [7, 11) is 0. The summed E-state index contributed by atoms with van der Waals surface area (Å²) >= 11 is 0. The molecule has 14 heavy (non-hydrogen) atoms. The van der Waals surface area contributed by atoms with Crippen molar-refractivity contribution in [3.8, 4) is 0 Å². The minimum atomic E-state index is 1.22. The minimum Gasteiger partial charge on any atom is -0.361 e. The molecular formula is C13H11N. The molecule has 1 heterocycles. The lowest BCUT2D eigenvalue weighted by Crippen LogP contribution is -1.75. The van der Waals surface area contributed by atoms with Crippen LogP contribution in [-0.2, 0) is 0 Å². The average molecular weight is 181 g/mol. The van der Waals surface area contributed by atoms with Crippen molar-refractivity contribution in [3.63, 3.8) is 0 Å². The number of fused-ring (bicyclic) bond motifs is 3. The summed E-state index contributed by atoms with van der Waals surface area (Å²) in [5, 5.41) is 3.99. The van der Waals surface area contributed by atoms with Gasteiger partial charge in [-0.2, -0.15) is 0 Å². The SMILES string of the molecule is Cc1c[nH]c2ccc3ccccc3c12. The Labute approximate surface area is 82.4 Å². The van der Waals surface area contributed by atoms with Crippen LogP contribution >= 0.6 is 0 Å². The van der Waals surface area contributed by atoms with Gasteiger partial charge in [0.2, 0.25) is 0 Å². The molecule has 0 saturated heterocycles. The van der Waals surface area contributed by atoms with Gasteiger partial charge < -0.3 is 4.98 Å². The molecule has 3 rings (SSSR count). The van der Waals surface area contributed by atoms with E-state index in [-0.39, 0.29) is 0 Å². The van der Waals surface area contributed by atoms with Crippen molar-refractivity contribution in [2.75, 3.05) is 0 Å². The largest absolute Gasteiger partial charge is 0.361 e. The van der Waals surface area contributed by atoms with Crippen LogP contribution in [0.25, 0.3) is 21.7 Å². The van der Waals surface area contributed by atoms with Gasteiger partial charge in [0.15, 0.2) is 0 Å². The Balaban J connectivity index is 2.65. The van der Waals surface area contributed by atoms with E-state index in [4.69, 9.17) is 0 Å². The van der Waals surface area contributed by atoms with Crippen LogP contribution in [0.1, 0.15) is 5.56 Å². The molecule has 0 spiro atoms. The van der Waals surface area contributed by atoms with Crippen molar-refractivity contribution >= 4 is 21.7 Å². The summed E-state index contributed by atoms with van der Waals surface area (Å²) < 4.78 is 0. The molecule has 2 aromatic carbocycles. The van der Waals surface area contributed by atoms with Gasteiger partial charge >= 0.3 is 0 Å². The van der Waals surface area contributed by atoms with Gasteiger partial charge in [0.1, 0.15) is 0 Å². The van der Waals surface area contributed by atoms with E-state index in [1.165, 1.54) is 27.2 Å². The molecule has 3 aromatic rings. The highest BCUT2D eigenvalue weighted by Crippen LogP contribution is 2.27. The smallest absolute Gasteiger partial charge is 0.0463 e. The number of aryl methyl sites for hydroxylation is 1. The van der Waals surface area contributed by atoms with E-state index in [1.807, 2.05) is 0 Å². The zero-order valence-corrected chi connectivity index (χ0v) is 8.04. The van der Waals surface area contributed by atoms with Crippen molar-refractivity contribution in [2.24, 2.45) is 0 Å². The van der Waals surface area contributed by atoms with Crippen molar-refractivity contribution in [1.82, 2.24) is 4.98 Å². The third-order valence-electron chi connectivity index (χ3n) is 2.77. The van der Waals surface area contributed by atoms with Crippen molar-refractivity contribution in [3.05, 3.63) is 48.2 Å². The third-order valence-corrected chi connectivity index (χ3v) is 2.77.